The van der Waals surface area contributed by atoms with Gasteiger partial charge in [0.1, 0.15) is 11.3 Å². The number of carboxylic acid groups (broad SMARTS) is 1. The molecule has 1 aromatic carbocycles. The number of phenols is 1. The summed E-state index contributed by atoms with van der Waals surface area (Å²) in [6.07, 6.45) is 10.7. The van der Waals surface area contributed by atoms with Gasteiger partial charge in [-0.25, -0.2) is 4.79 Å². The van der Waals surface area contributed by atoms with Gasteiger partial charge < -0.3 is 10.2 Å². The second-order valence-corrected chi connectivity index (χ2v) is 7.03. The molecule has 0 atom stereocenters. The highest BCUT2D eigenvalue weighted by Crippen LogP contribution is 2.26. The van der Waals surface area contributed by atoms with Crippen molar-refractivity contribution >= 4 is 5.97 Å². The standard InChI is InChI=1S/C20H32O3/c1-15(2)11-9-7-5-4-6-8-10-12-17-13-16(3)14-18(19(17)21)20(22)23/h13-15,21H,4-12H2,1-3H3,(H,22,23). The Morgan fingerprint density at radius 2 is 1.57 bits per heavy atom. The Morgan fingerprint density at radius 1 is 1.00 bits per heavy atom. The monoisotopic (exact) mass is 320 g/mol. The number of unbranched alkanes of at least 4 members (excludes halogenated alkanes) is 6. The van der Waals surface area contributed by atoms with E-state index in [4.69, 9.17) is 5.11 Å². The van der Waals surface area contributed by atoms with Crippen LogP contribution in [0.3, 0.4) is 0 Å². The fourth-order valence-corrected chi connectivity index (χ4v) is 2.96. The lowest BCUT2D eigenvalue weighted by Gasteiger charge is -2.09. The Morgan fingerprint density at radius 3 is 2.13 bits per heavy atom. The molecule has 3 nitrogen and oxygen atoms in total. The van der Waals surface area contributed by atoms with Crippen LogP contribution in [0.5, 0.6) is 5.75 Å². The summed E-state index contributed by atoms with van der Waals surface area (Å²) in [6.45, 7) is 6.42. The zero-order valence-electron chi connectivity index (χ0n) is 14.9. The maximum absolute atomic E-state index is 11.1. The zero-order chi connectivity index (χ0) is 17.2. The van der Waals surface area contributed by atoms with Gasteiger partial charge >= 0.3 is 5.97 Å². The molecule has 0 heterocycles. The fraction of sp³-hybridized carbons (Fsp3) is 0.650. The average Bonchev–Trinajstić information content (AvgIpc) is 2.47. The first kappa shape index (κ1) is 19.5. The number of hydrogen-bond acceptors (Lipinski definition) is 2. The van der Waals surface area contributed by atoms with E-state index in [1.807, 2.05) is 13.0 Å². The van der Waals surface area contributed by atoms with Gasteiger partial charge in [0.15, 0.2) is 0 Å². The lowest BCUT2D eigenvalue weighted by molar-refractivity contribution is 0.0693. The molecule has 0 unspecified atom stereocenters. The topological polar surface area (TPSA) is 57.5 Å². The molecular formula is C20H32O3. The minimum Gasteiger partial charge on any atom is -0.507 e. The molecule has 0 amide bonds. The van der Waals surface area contributed by atoms with Crippen molar-refractivity contribution < 1.29 is 15.0 Å². The minimum absolute atomic E-state index is 0.0187. The third-order valence-corrected chi connectivity index (χ3v) is 4.29. The summed E-state index contributed by atoms with van der Waals surface area (Å²) < 4.78 is 0. The van der Waals surface area contributed by atoms with Crippen LogP contribution in [-0.4, -0.2) is 16.2 Å². The van der Waals surface area contributed by atoms with E-state index in [9.17, 15) is 9.90 Å². The molecule has 130 valence electrons. The third-order valence-electron chi connectivity index (χ3n) is 4.29. The van der Waals surface area contributed by atoms with Crippen LogP contribution >= 0.6 is 0 Å². The number of aromatic hydroxyl groups is 1. The van der Waals surface area contributed by atoms with Crippen LogP contribution in [0.1, 0.15) is 86.7 Å². The fourth-order valence-electron chi connectivity index (χ4n) is 2.96. The van der Waals surface area contributed by atoms with E-state index < -0.39 is 5.97 Å². The van der Waals surface area contributed by atoms with Crippen LogP contribution in [0, 0.1) is 12.8 Å². The Hall–Kier alpha value is -1.51. The lowest BCUT2D eigenvalue weighted by atomic mass is 9.99. The summed E-state index contributed by atoms with van der Waals surface area (Å²) in [5.74, 6) is -0.307. The molecule has 1 rings (SSSR count). The molecule has 0 bridgehead atoms. The van der Waals surface area contributed by atoms with Gasteiger partial charge in [0.25, 0.3) is 0 Å². The Bertz CT molecular complexity index is 492. The van der Waals surface area contributed by atoms with Crippen molar-refractivity contribution in [1.82, 2.24) is 0 Å². The highest BCUT2D eigenvalue weighted by molar-refractivity contribution is 5.91. The van der Waals surface area contributed by atoms with Gasteiger partial charge in [-0.1, -0.05) is 64.9 Å². The van der Waals surface area contributed by atoms with Crippen molar-refractivity contribution in [1.29, 1.82) is 0 Å². The molecule has 3 heteroatoms. The number of aromatic carboxylic acids is 1. The molecule has 2 N–H and O–H groups in total. The van der Waals surface area contributed by atoms with E-state index in [2.05, 4.69) is 13.8 Å². The second-order valence-electron chi connectivity index (χ2n) is 7.03. The highest BCUT2D eigenvalue weighted by Gasteiger charge is 2.14. The van der Waals surface area contributed by atoms with Crippen LogP contribution in [0.25, 0.3) is 0 Å². The van der Waals surface area contributed by atoms with Gasteiger partial charge in [-0.2, -0.15) is 0 Å². The number of aryl methyl sites for hydroxylation is 2. The molecule has 0 radical (unpaired) electrons. The summed E-state index contributed by atoms with van der Waals surface area (Å²) in [6, 6.07) is 3.42. The lowest BCUT2D eigenvalue weighted by Crippen LogP contribution is -2.00. The molecule has 0 aliphatic carbocycles. The Labute approximate surface area is 140 Å². The SMILES string of the molecule is Cc1cc(CCCCCCCCCC(C)C)c(O)c(C(=O)O)c1. The number of carbonyl (C=O) groups is 1. The van der Waals surface area contributed by atoms with Crippen molar-refractivity contribution in [2.75, 3.05) is 0 Å². The number of benzene rings is 1. The molecule has 1 aromatic rings. The summed E-state index contributed by atoms with van der Waals surface area (Å²) in [5, 5.41) is 19.1. The van der Waals surface area contributed by atoms with Crippen molar-refractivity contribution in [2.45, 2.75) is 78.6 Å². The van der Waals surface area contributed by atoms with Crippen LogP contribution in [-0.2, 0) is 6.42 Å². The van der Waals surface area contributed by atoms with E-state index in [1.165, 1.54) is 44.6 Å². The summed E-state index contributed by atoms with van der Waals surface area (Å²) >= 11 is 0. The second kappa shape index (κ2) is 10.3. The maximum atomic E-state index is 11.1. The summed E-state index contributed by atoms with van der Waals surface area (Å²) in [4.78, 5) is 11.1. The third kappa shape index (κ3) is 7.54. The molecule has 0 aromatic heterocycles. The van der Waals surface area contributed by atoms with Crippen molar-refractivity contribution in [3.63, 3.8) is 0 Å². The van der Waals surface area contributed by atoms with E-state index in [0.29, 0.717) is 0 Å². The number of rotatable bonds is 11. The van der Waals surface area contributed by atoms with Crippen LogP contribution in [0.15, 0.2) is 12.1 Å². The van der Waals surface area contributed by atoms with Crippen LogP contribution < -0.4 is 0 Å². The van der Waals surface area contributed by atoms with E-state index >= 15 is 0 Å². The first-order chi connectivity index (χ1) is 10.9. The van der Waals surface area contributed by atoms with Crippen LogP contribution in [0.2, 0.25) is 0 Å². The number of hydrogen-bond donors (Lipinski definition) is 2. The van der Waals surface area contributed by atoms with Gasteiger partial charge in [0.05, 0.1) is 0 Å². The van der Waals surface area contributed by atoms with Gasteiger partial charge in [0, 0.05) is 0 Å². The predicted molar refractivity (Wildman–Crippen MR) is 95.3 cm³/mol. The van der Waals surface area contributed by atoms with Crippen molar-refractivity contribution in [2.24, 2.45) is 5.92 Å². The van der Waals surface area contributed by atoms with Gasteiger partial charge in [-0.3, -0.25) is 0 Å². The van der Waals surface area contributed by atoms with E-state index in [0.717, 1.165) is 36.3 Å². The van der Waals surface area contributed by atoms with Gasteiger partial charge in [0.2, 0.25) is 0 Å². The largest absolute Gasteiger partial charge is 0.507 e. The summed E-state index contributed by atoms with van der Waals surface area (Å²) in [5.41, 5.74) is 1.67. The zero-order valence-corrected chi connectivity index (χ0v) is 14.9. The first-order valence-electron chi connectivity index (χ1n) is 8.97. The molecular weight excluding hydrogens is 288 g/mol. The number of carboxylic acids is 1. The quantitative estimate of drug-likeness (QED) is 0.513. The normalized spacial score (nSPS) is 11.1. The molecule has 23 heavy (non-hydrogen) atoms. The van der Waals surface area contributed by atoms with Crippen LogP contribution in [0.4, 0.5) is 0 Å². The van der Waals surface area contributed by atoms with Crippen molar-refractivity contribution in [3.05, 3.63) is 28.8 Å². The molecule has 0 spiro atoms. The van der Waals surface area contributed by atoms with E-state index in [-0.39, 0.29) is 11.3 Å². The molecule has 0 aliphatic rings. The molecule has 0 aliphatic heterocycles. The van der Waals surface area contributed by atoms with Gasteiger partial charge in [-0.05, 0) is 42.9 Å². The molecule has 0 saturated carbocycles. The van der Waals surface area contributed by atoms with Gasteiger partial charge in [-0.15, -0.1) is 0 Å². The smallest absolute Gasteiger partial charge is 0.339 e. The van der Waals surface area contributed by atoms with Crippen molar-refractivity contribution in [3.8, 4) is 5.75 Å². The average molecular weight is 320 g/mol. The predicted octanol–water partition coefficient (Wildman–Crippen LogP) is 5.72. The molecule has 0 saturated heterocycles. The Balaban J connectivity index is 2.25. The maximum Gasteiger partial charge on any atom is 0.339 e. The highest BCUT2D eigenvalue weighted by atomic mass is 16.4. The van der Waals surface area contributed by atoms with E-state index in [1.54, 1.807) is 0 Å². The summed E-state index contributed by atoms with van der Waals surface area (Å²) in [7, 11) is 0. The Kier molecular flexibility index (Phi) is 8.75. The minimum atomic E-state index is -1.06. The first-order valence-corrected chi connectivity index (χ1v) is 8.97. The molecule has 0 fully saturated rings.